The maximum atomic E-state index is 12.9. The molecule has 2 amide bonds. The van der Waals surface area contributed by atoms with Crippen LogP contribution in [0.3, 0.4) is 0 Å². The molecule has 1 fully saturated rings. The second kappa shape index (κ2) is 9.87. The number of halogens is 1. The van der Waals surface area contributed by atoms with E-state index in [9.17, 15) is 14.0 Å². The number of ether oxygens (including phenoxy) is 1. The molecule has 3 aromatic rings. The molecule has 6 nitrogen and oxygen atoms in total. The number of carbonyl (C=O) groups excluding carboxylic acids is 2. The molecule has 0 bridgehead atoms. The summed E-state index contributed by atoms with van der Waals surface area (Å²) in [6.07, 6.45) is 1.70. The van der Waals surface area contributed by atoms with E-state index >= 15 is 0 Å². The van der Waals surface area contributed by atoms with Crippen LogP contribution in [0.1, 0.15) is 17.5 Å². The highest BCUT2D eigenvalue weighted by molar-refractivity contribution is 6.00. The Balaban J connectivity index is 1.26. The minimum atomic E-state index is -0.443. The smallest absolute Gasteiger partial charge is 0.245 e. The third-order valence-electron chi connectivity index (χ3n) is 5.15. The molecule has 1 N–H and O–H groups in total. The third kappa shape index (κ3) is 5.37. The Morgan fingerprint density at radius 3 is 2.50 bits per heavy atom. The molecule has 1 aliphatic rings. The molecule has 3 aromatic carbocycles. The third-order valence-corrected chi connectivity index (χ3v) is 5.15. The fourth-order valence-corrected chi connectivity index (χ4v) is 3.40. The lowest BCUT2D eigenvalue weighted by atomic mass is 10.1. The van der Waals surface area contributed by atoms with Gasteiger partial charge in [-0.1, -0.05) is 30.3 Å². The number of hydrazone groups is 1. The van der Waals surface area contributed by atoms with Crippen molar-refractivity contribution in [3.8, 4) is 5.75 Å². The highest BCUT2D eigenvalue weighted by atomic mass is 19.1. The van der Waals surface area contributed by atoms with Crippen molar-refractivity contribution in [3.05, 3.63) is 95.8 Å². The number of para-hydroxylation sites is 1. The minimum absolute atomic E-state index is 0.0726. The van der Waals surface area contributed by atoms with E-state index in [4.69, 9.17) is 4.74 Å². The maximum absolute atomic E-state index is 12.9. The van der Waals surface area contributed by atoms with E-state index in [0.717, 1.165) is 16.8 Å². The molecule has 1 heterocycles. The Labute approximate surface area is 185 Å². The van der Waals surface area contributed by atoms with E-state index in [2.05, 4.69) is 10.5 Å². The van der Waals surface area contributed by atoms with Gasteiger partial charge in [0.05, 0.1) is 12.1 Å². The Bertz CT molecular complexity index is 1100. The standard InChI is InChI=1S/C25H22FN3O3/c26-21-10-6-19(7-11-21)17-32-23-12-8-18(9-13-23)15-27-28-25(31)20-14-24(30)29(16-20)22-4-2-1-3-5-22/h1-13,15,20H,14,16-17H2,(H,28,31)/b27-15-/t20-/m1/s1. The van der Waals surface area contributed by atoms with Gasteiger partial charge in [-0.25, -0.2) is 9.82 Å². The first-order chi connectivity index (χ1) is 15.6. The van der Waals surface area contributed by atoms with E-state index in [1.807, 2.05) is 42.5 Å². The van der Waals surface area contributed by atoms with E-state index in [1.165, 1.54) is 18.3 Å². The van der Waals surface area contributed by atoms with Crippen molar-refractivity contribution < 1.29 is 18.7 Å². The number of nitrogens with zero attached hydrogens (tertiary/aromatic N) is 2. The Hall–Kier alpha value is -4.00. The van der Waals surface area contributed by atoms with Gasteiger partial charge in [0.2, 0.25) is 11.8 Å². The van der Waals surface area contributed by atoms with Crippen LogP contribution in [0, 0.1) is 11.7 Å². The zero-order valence-corrected chi connectivity index (χ0v) is 17.3. The largest absolute Gasteiger partial charge is 0.489 e. The van der Waals surface area contributed by atoms with Crippen LogP contribution >= 0.6 is 0 Å². The van der Waals surface area contributed by atoms with Gasteiger partial charge in [-0.15, -0.1) is 0 Å². The van der Waals surface area contributed by atoms with E-state index in [-0.39, 0.29) is 24.1 Å². The Morgan fingerprint density at radius 2 is 1.78 bits per heavy atom. The van der Waals surface area contributed by atoms with Crippen LogP contribution in [0.25, 0.3) is 0 Å². The van der Waals surface area contributed by atoms with Crippen molar-refractivity contribution in [1.82, 2.24) is 5.43 Å². The van der Waals surface area contributed by atoms with Crippen molar-refractivity contribution in [2.24, 2.45) is 11.0 Å². The zero-order chi connectivity index (χ0) is 22.3. The Morgan fingerprint density at radius 1 is 1.06 bits per heavy atom. The summed E-state index contributed by atoms with van der Waals surface area (Å²) in [4.78, 5) is 26.3. The maximum Gasteiger partial charge on any atom is 0.245 e. The fraction of sp³-hybridized carbons (Fsp3) is 0.160. The molecule has 0 radical (unpaired) electrons. The van der Waals surface area contributed by atoms with Gasteiger partial charge in [-0.05, 0) is 59.7 Å². The number of hydrogen-bond acceptors (Lipinski definition) is 4. The lowest BCUT2D eigenvalue weighted by Gasteiger charge is -2.16. The average Bonchev–Trinajstić information content (AvgIpc) is 3.22. The molecule has 0 aliphatic carbocycles. The highest BCUT2D eigenvalue weighted by Crippen LogP contribution is 2.24. The number of hydrogen-bond donors (Lipinski definition) is 1. The van der Waals surface area contributed by atoms with Crippen molar-refractivity contribution in [1.29, 1.82) is 0 Å². The molecule has 1 atom stereocenters. The molecule has 32 heavy (non-hydrogen) atoms. The van der Waals surface area contributed by atoms with Gasteiger partial charge < -0.3 is 9.64 Å². The molecule has 7 heteroatoms. The summed E-state index contributed by atoms with van der Waals surface area (Å²) in [5.41, 5.74) is 4.97. The second-order valence-electron chi connectivity index (χ2n) is 7.46. The molecular weight excluding hydrogens is 409 g/mol. The summed E-state index contributed by atoms with van der Waals surface area (Å²) in [5.74, 6) is -0.413. The van der Waals surface area contributed by atoms with E-state index < -0.39 is 5.92 Å². The van der Waals surface area contributed by atoms with Crippen LogP contribution < -0.4 is 15.1 Å². The highest BCUT2D eigenvalue weighted by Gasteiger charge is 2.34. The second-order valence-corrected chi connectivity index (χ2v) is 7.46. The first-order valence-corrected chi connectivity index (χ1v) is 10.2. The monoisotopic (exact) mass is 431 g/mol. The van der Waals surface area contributed by atoms with Crippen LogP contribution in [0.4, 0.5) is 10.1 Å². The summed E-state index contributed by atoms with van der Waals surface area (Å²) in [6, 6.07) is 22.7. The molecular formula is C25H22FN3O3. The summed E-state index contributed by atoms with van der Waals surface area (Å²) >= 11 is 0. The molecule has 1 aliphatic heterocycles. The van der Waals surface area contributed by atoms with Crippen molar-refractivity contribution in [2.75, 3.05) is 11.4 Å². The molecule has 1 saturated heterocycles. The van der Waals surface area contributed by atoms with Crippen LogP contribution in [0.15, 0.2) is 84.0 Å². The zero-order valence-electron chi connectivity index (χ0n) is 17.3. The molecule has 0 saturated carbocycles. The van der Waals surface area contributed by atoms with Gasteiger partial charge in [-0.3, -0.25) is 9.59 Å². The first kappa shape index (κ1) is 21.2. The van der Waals surface area contributed by atoms with Gasteiger partial charge >= 0.3 is 0 Å². The summed E-state index contributed by atoms with van der Waals surface area (Å²) in [7, 11) is 0. The van der Waals surface area contributed by atoms with Gasteiger partial charge in [0.15, 0.2) is 0 Å². The summed E-state index contributed by atoms with van der Waals surface area (Å²) in [6.45, 7) is 0.675. The number of rotatable bonds is 7. The lowest BCUT2D eigenvalue weighted by Crippen LogP contribution is -2.30. The first-order valence-electron chi connectivity index (χ1n) is 10.2. The van der Waals surface area contributed by atoms with Gasteiger partial charge in [0.1, 0.15) is 18.2 Å². The number of carbonyl (C=O) groups is 2. The predicted molar refractivity (Wildman–Crippen MR) is 120 cm³/mol. The van der Waals surface area contributed by atoms with Gasteiger partial charge in [0.25, 0.3) is 0 Å². The SMILES string of the molecule is O=C(N/N=C\c1ccc(OCc2ccc(F)cc2)cc1)[C@@H]1CC(=O)N(c2ccccc2)C1. The van der Waals surface area contributed by atoms with Crippen molar-refractivity contribution >= 4 is 23.7 Å². The average molecular weight is 431 g/mol. The molecule has 0 unspecified atom stereocenters. The lowest BCUT2D eigenvalue weighted by molar-refractivity contribution is -0.126. The summed E-state index contributed by atoms with van der Waals surface area (Å²) in [5, 5.41) is 4.01. The van der Waals surface area contributed by atoms with Crippen molar-refractivity contribution in [3.63, 3.8) is 0 Å². The van der Waals surface area contributed by atoms with Gasteiger partial charge in [0, 0.05) is 18.7 Å². The number of anilines is 1. The summed E-state index contributed by atoms with van der Waals surface area (Å²) < 4.78 is 18.6. The molecule has 0 aromatic heterocycles. The number of benzene rings is 3. The number of nitrogens with one attached hydrogen (secondary N) is 1. The Kier molecular flexibility index (Phi) is 6.55. The van der Waals surface area contributed by atoms with Gasteiger partial charge in [-0.2, -0.15) is 5.10 Å². The topological polar surface area (TPSA) is 71.0 Å². The van der Waals surface area contributed by atoms with Crippen LogP contribution in [0.5, 0.6) is 5.75 Å². The minimum Gasteiger partial charge on any atom is -0.489 e. The molecule has 162 valence electrons. The van der Waals surface area contributed by atoms with Crippen LogP contribution in [-0.2, 0) is 16.2 Å². The normalized spacial score (nSPS) is 15.8. The predicted octanol–water partition coefficient (Wildman–Crippen LogP) is 3.91. The number of amides is 2. The van der Waals surface area contributed by atoms with E-state index in [1.54, 1.807) is 29.2 Å². The van der Waals surface area contributed by atoms with Crippen molar-refractivity contribution in [2.45, 2.75) is 13.0 Å². The van der Waals surface area contributed by atoms with Crippen LogP contribution in [-0.4, -0.2) is 24.6 Å². The van der Waals surface area contributed by atoms with Crippen LogP contribution in [0.2, 0.25) is 0 Å². The molecule has 4 rings (SSSR count). The quantitative estimate of drug-likeness (QED) is 0.456. The fourth-order valence-electron chi connectivity index (χ4n) is 3.40. The molecule has 0 spiro atoms. The van der Waals surface area contributed by atoms with E-state index in [0.29, 0.717) is 18.9 Å².